The number of nitrogens with zero attached hydrogens (tertiary/aromatic N) is 1. The number of hydrogen-bond donors (Lipinski definition) is 0. The molecule has 1 rings (SSSR count). The number of rotatable bonds is 12. The highest BCUT2D eigenvalue weighted by Crippen LogP contribution is 2.22. The molecule has 0 saturated carbocycles. The monoisotopic (exact) mass is 361 g/mol. The second-order valence-corrected chi connectivity index (χ2v) is 8.01. The van der Waals surface area contributed by atoms with Gasteiger partial charge in [0.25, 0.3) is 0 Å². The molecular weight excluding hydrogens is 332 g/mol. The third kappa shape index (κ3) is 6.48. The Bertz CT molecular complexity index is 579. The second-order valence-electron chi connectivity index (χ2n) is 6.10. The maximum atomic E-state index is 13.9. The molecule has 0 bridgehead atoms. The van der Waals surface area contributed by atoms with Gasteiger partial charge in [0.2, 0.25) is 10.0 Å². The topological polar surface area (TPSA) is 37.4 Å². The molecule has 0 aliphatic heterocycles. The summed E-state index contributed by atoms with van der Waals surface area (Å²) in [6.07, 6.45) is 7.53. The maximum absolute atomic E-state index is 13.9. The molecule has 0 aliphatic carbocycles. The molecule has 0 saturated heterocycles. The average molecular weight is 361 g/mol. The minimum atomic E-state index is -4.01. The lowest BCUT2D eigenvalue weighted by molar-refractivity contribution is 0.383. The van der Waals surface area contributed by atoms with Gasteiger partial charge in [0.1, 0.15) is 16.5 Å². The Kier molecular flexibility index (Phi) is 9.44. The summed E-state index contributed by atoms with van der Waals surface area (Å²) in [5.41, 5.74) is 0. The summed E-state index contributed by atoms with van der Waals surface area (Å²) < 4.78 is 54.2. The first-order chi connectivity index (χ1) is 11.4. The van der Waals surface area contributed by atoms with E-state index in [2.05, 4.69) is 13.8 Å². The molecule has 0 heterocycles. The van der Waals surface area contributed by atoms with Crippen LogP contribution in [0, 0.1) is 11.6 Å². The van der Waals surface area contributed by atoms with Gasteiger partial charge in [-0.25, -0.2) is 17.2 Å². The van der Waals surface area contributed by atoms with Crippen molar-refractivity contribution in [1.29, 1.82) is 0 Å². The Morgan fingerprint density at radius 3 is 1.92 bits per heavy atom. The van der Waals surface area contributed by atoms with Crippen molar-refractivity contribution in [3.63, 3.8) is 0 Å². The molecule has 1 aromatic carbocycles. The largest absolute Gasteiger partial charge is 0.246 e. The number of unbranched alkanes of at least 4 members (excludes halogenated alkanes) is 6. The van der Waals surface area contributed by atoms with Crippen LogP contribution in [0.1, 0.15) is 65.2 Å². The SMILES string of the molecule is CCCCCCN(CCCCCC)S(=O)(=O)c1cc(F)ccc1F. The molecule has 0 radical (unpaired) electrons. The fourth-order valence-corrected chi connectivity index (χ4v) is 4.19. The molecule has 138 valence electrons. The zero-order chi connectivity index (χ0) is 18.0. The molecule has 0 fully saturated rings. The normalized spacial score (nSPS) is 12.0. The van der Waals surface area contributed by atoms with Crippen molar-refractivity contribution in [3.05, 3.63) is 29.8 Å². The van der Waals surface area contributed by atoms with E-state index in [1.807, 2.05) is 0 Å². The summed E-state index contributed by atoms with van der Waals surface area (Å²) in [4.78, 5) is -0.562. The van der Waals surface area contributed by atoms with Crippen LogP contribution in [-0.2, 0) is 10.0 Å². The van der Waals surface area contributed by atoms with Gasteiger partial charge in [0.15, 0.2) is 0 Å². The second kappa shape index (κ2) is 10.8. The summed E-state index contributed by atoms with van der Waals surface area (Å²) in [6, 6.07) is 2.57. The van der Waals surface area contributed by atoms with Gasteiger partial charge in [0.05, 0.1) is 0 Å². The molecular formula is C18H29F2NO2S. The van der Waals surface area contributed by atoms with Crippen molar-refractivity contribution in [1.82, 2.24) is 4.31 Å². The third-order valence-electron chi connectivity index (χ3n) is 4.03. The van der Waals surface area contributed by atoms with Crippen LogP contribution in [0.25, 0.3) is 0 Å². The van der Waals surface area contributed by atoms with Crippen LogP contribution in [0.4, 0.5) is 8.78 Å². The molecule has 3 nitrogen and oxygen atoms in total. The quantitative estimate of drug-likeness (QED) is 0.485. The molecule has 1 aromatic rings. The molecule has 0 spiro atoms. The van der Waals surface area contributed by atoms with Gasteiger partial charge in [-0.1, -0.05) is 52.4 Å². The molecule has 0 unspecified atom stereocenters. The molecule has 0 aromatic heterocycles. The van der Waals surface area contributed by atoms with E-state index in [0.717, 1.165) is 69.6 Å². The minimum Gasteiger partial charge on any atom is -0.207 e. The van der Waals surface area contributed by atoms with Crippen LogP contribution < -0.4 is 0 Å². The fraction of sp³-hybridized carbons (Fsp3) is 0.667. The lowest BCUT2D eigenvalue weighted by Crippen LogP contribution is -2.33. The van der Waals surface area contributed by atoms with Crippen LogP contribution in [-0.4, -0.2) is 25.8 Å². The summed E-state index contributed by atoms with van der Waals surface area (Å²) in [5.74, 6) is -1.64. The highest BCUT2D eigenvalue weighted by atomic mass is 32.2. The van der Waals surface area contributed by atoms with Gasteiger partial charge in [-0.2, -0.15) is 4.31 Å². The highest BCUT2D eigenvalue weighted by molar-refractivity contribution is 7.89. The van der Waals surface area contributed by atoms with Gasteiger partial charge < -0.3 is 0 Å². The van der Waals surface area contributed by atoms with Gasteiger partial charge in [-0.15, -0.1) is 0 Å². The van der Waals surface area contributed by atoms with Crippen LogP contribution in [0.15, 0.2) is 23.1 Å². The van der Waals surface area contributed by atoms with Crippen molar-refractivity contribution in [2.75, 3.05) is 13.1 Å². The van der Waals surface area contributed by atoms with E-state index in [9.17, 15) is 17.2 Å². The standard InChI is InChI=1S/C18H29F2NO2S/c1-3-5-7-9-13-21(14-10-8-6-4-2)24(22,23)18-15-16(19)11-12-17(18)20/h11-12,15H,3-10,13-14H2,1-2H3. The lowest BCUT2D eigenvalue weighted by Gasteiger charge is -2.22. The Hall–Kier alpha value is -1.01. The predicted molar refractivity (Wildman–Crippen MR) is 93.4 cm³/mol. The first-order valence-corrected chi connectivity index (χ1v) is 10.3. The van der Waals surface area contributed by atoms with Crippen LogP contribution in [0.3, 0.4) is 0 Å². The van der Waals surface area contributed by atoms with E-state index in [-0.39, 0.29) is 0 Å². The molecule has 24 heavy (non-hydrogen) atoms. The molecule has 6 heteroatoms. The first-order valence-electron chi connectivity index (χ1n) is 8.88. The zero-order valence-corrected chi connectivity index (χ0v) is 15.5. The summed E-state index contributed by atoms with van der Waals surface area (Å²) in [5, 5.41) is 0. The first kappa shape index (κ1) is 21.0. The average Bonchev–Trinajstić information content (AvgIpc) is 2.55. The van der Waals surface area contributed by atoms with Crippen molar-refractivity contribution in [2.24, 2.45) is 0 Å². The van der Waals surface area contributed by atoms with Gasteiger partial charge in [-0.05, 0) is 31.0 Å². The highest BCUT2D eigenvalue weighted by Gasteiger charge is 2.27. The van der Waals surface area contributed by atoms with Crippen LogP contribution in [0.5, 0.6) is 0 Å². The van der Waals surface area contributed by atoms with Crippen molar-refractivity contribution in [3.8, 4) is 0 Å². The minimum absolute atomic E-state index is 0.352. The van der Waals surface area contributed by atoms with Crippen molar-refractivity contribution >= 4 is 10.0 Å². The summed E-state index contributed by atoms with van der Waals surface area (Å²) in [6.45, 7) is 4.87. The van der Waals surface area contributed by atoms with Crippen LogP contribution >= 0.6 is 0 Å². The van der Waals surface area contributed by atoms with E-state index < -0.39 is 26.6 Å². The van der Waals surface area contributed by atoms with Gasteiger partial charge >= 0.3 is 0 Å². The number of sulfonamides is 1. The number of halogens is 2. The van der Waals surface area contributed by atoms with E-state index in [4.69, 9.17) is 0 Å². The Labute approximate surface area is 145 Å². The van der Waals surface area contributed by atoms with E-state index in [1.165, 1.54) is 4.31 Å². The fourth-order valence-electron chi connectivity index (χ4n) is 2.60. The summed E-state index contributed by atoms with van der Waals surface area (Å²) >= 11 is 0. The third-order valence-corrected chi connectivity index (χ3v) is 5.95. The maximum Gasteiger partial charge on any atom is 0.246 e. The van der Waals surface area contributed by atoms with E-state index >= 15 is 0 Å². The van der Waals surface area contributed by atoms with Gasteiger partial charge in [-0.3, -0.25) is 0 Å². The Morgan fingerprint density at radius 2 is 1.42 bits per heavy atom. The van der Waals surface area contributed by atoms with Crippen molar-refractivity contribution < 1.29 is 17.2 Å². The lowest BCUT2D eigenvalue weighted by atomic mass is 10.2. The Balaban J connectivity index is 2.90. The molecule has 0 amide bonds. The number of benzene rings is 1. The van der Waals surface area contributed by atoms with Crippen LogP contribution in [0.2, 0.25) is 0 Å². The molecule has 0 N–H and O–H groups in total. The van der Waals surface area contributed by atoms with Gasteiger partial charge in [0, 0.05) is 13.1 Å². The zero-order valence-electron chi connectivity index (χ0n) is 14.7. The predicted octanol–water partition coefficient (Wildman–Crippen LogP) is 5.12. The van der Waals surface area contributed by atoms with Crippen molar-refractivity contribution in [2.45, 2.75) is 70.1 Å². The molecule has 0 atom stereocenters. The van der Waals surface area contributed by atoms with E-state index in [1.54, 1.807) is 0 Å². The Morgan fingerprint density at radius 1 is 0.875 bits per heavy atom. The summed E-state index contributed by atoms with van der Waals surface area (Å²) in [7, 11) is -4.01. The molecule has 0 aliphatic rings. The number of hydrogen-bond acceptors (Lipinski definition) is 2. The smallest absolute Gasteiger partial charge is 0.207 e. The van der Waals surface area contributed by atoms with E-state index in [0.29, 0.717) is 13.1 Å².